The van der Waals surface area contributed by atoms with E-state index in [1.165, 1.54) is 0 Å². The lowest BCUT2D eigenvalue weighted by atomic mass is 10.1. The lowest BCUT2D eigenvalue weighted by Gasteiger charge is -2.17. The first-order valence-electron chi connectivity index (χ1n) is 6.56. The maximum absolute atomic E-state index is 12.2. The number of ether oxygens (including phenoxy) is 1. The molecule has 0 unspecified atom stereocenters. The van der Waals surface area contributed by atoms with Crippen LogP contribution in [0.4, 0.5) is 0 Å². The lowest BCUT2D eigenvalue weighted by Crippen LogP contribution is -2.27. The van der Waals surface area contributed by atoms with Crippen LogP contribution in [0.1, 0.15) is 42.6 Å². The number of hydrogen-bond acceptors (Lipinski definition) is 2. The van der Waals surface area contributed by atoms with Crippen molar-refractivity contribution in [2.24, 2.45) is 0 Å². The van der Waals surface area contributed by atoms with Crippen molar-refractivity contribution in [1.29, 1.82) is 0 Å². The maximum atomic E-state index is 12.2. The average Bonchev–Trinajstić information content (AvgIpc) is 2.42. The second-order valence-electron chi connectivity index (χ2n) is 4.46. The van der Waals surface area contributed by atoms with Crippen LogP contribution in [0.15, 0.2) is 18.2 Å². The molecule has 0 N–H and O–H groups in total. The average molecular weight is 249 g/mol. The second-order valence-corrected chi connectivity index (χ2v) is 4.46. The van der Waals surface area contributed by atoms with Crippen molar-refractivity contribution >= 4 is 5.91 Å². The number of aryl methyl sites for hydroxylation is 1. The molecule has 3 nitrogen and oxygen atoms in total. The Labute approximate surface area is 110 Å². The van der Waals surface area contributed by atoms with E-state index in [0.29, 0.717) is 0 Å². The molecule has 0 atom stereocenters. The SMILES string of the molecule is CCCCN(C)C(=O)c1ccc(OC)c(CC)c1. The summed E-state index contributed by atoms with van der Waals surface area (Å²) in [6.45, 7) is 5.00. The zero-order valence-electron chi connectivity index (χ0n) is 11.8. The van der Waals surface area contributed by atoms with Gasteiger partial charge in [-0.1, -0.05) is 20.3 Å². The molecule has 0 bridgehead atoms. The van der Waals surface area contributed by atoms with Crippen molar-refractivity contribution in [2.45, 2.75) is 33.1 Å². The third-order valence-electron chi connectivity index (χ3n) is 3.10. The highest BCUT2D eigenvalue weighted by atomic mass is 16.5. The molecule has 18 heavy (non-hydrogen) atoms. The lowest BCUT2D eigenvalue weighted by molar-refractivity contribution is 0.0793. The topological polar surface area (TPSA) is 29.5 Å². The van der Waals surface area contributed by atoms with Crippen LogP contribution in [-0.4, -0.2) is 31.5 Å². The number of methoxy groups -OCH3 is 1. The van der Waals surface area contributed by atoms with Gasteiger partial charge in [-0.3, -0.25) is 4.79 Å². The number of hydrogen-bond donors (Lipinski definition) is 0. The summed E-state index contributed by atoms with van der Waals surface area (Å²) in [5, 5.41) is 0. The zero-order valence-corrected chi connectivity index (χ0v) is 11.8. The number of nitrogens with zero attached hydrogens (tertiary/aromatic N) is 1. The maximum Gasteiger partial charge on any atom is 0.253 e. The summed E-state index contributed by atoms with van der Waals surface area (Å²) in [5.74, 6) is 0.936. The van der Waals surface area contributed by atoms with Crippen LogP contribution in [0.5, 0.6) is 5.75 Å². The Morgan fingerprint density at radius 3 is 2.61 bits per heavy atom. The predicted molar refractivity (Wildman–Crippen MR) is 74.2 cm³/mol. The van der Waals surface area contributed by atoms with Crippen molar-refractivity contribution in [1.82, 2.24) is 4.90 Å². The van der Waals surface area contributed by atoms with E-state index in [0.717, 1.165) is 42.7 Å². The Hall–Kier alpha value is -1.51. The molecule has 0 aliphatic rings. The fourth-order valence-electron chi connectivity index (χ4n) is 1.91. The van der Waals surface area contributed by atoms with Gasteiger partial charge in [0.05, 0.1) is 7.11 Å². The standard InChI is InChI=1S/C15H23NO2/c1-5-7-10-16(3)15(17)13-8-9-14(18-4)12(6-2)11-13/h8-9,11H,5-7,10H2,1-4H3. The Kier molecular flexibility index (Phi) is 5.69. The van der Waals surface area contributed by atoms with Crippen LogP contribution in [0.3, 0.4) is 0 Å². The zero-order chi connectivity index (χ0) is 13.5. The number of benzene rings is 1. The molecule has 1 aromatic rings. The molecule has 1 aromatic carbocycles. The van der Waals surface area contributed by atoms with Crippen LogP contribution in [-0.2, 0) is 6.42 Å². The van der Waals surface area contributed by atoms with E-state index in [1.54, 1.807) is 12.0 Å². The van der Waals surface area contributed by atoms with Crippen LogP contribution in [0.2, 0.25) is 0 Å². The van der Waals surface area contributed by atoms with E-state index in [2.05, 4.69) is 13.8 Å². The summed E-state index contributed by atoms with van der Waals surface area (Å²) in [6, 6.07) is 5.64. The van der Waals surface area contributed by atoms with Gasteiger partial charge in [0.25, 0.3) is 5.91 Å². The van der Waals surface area contributed by atoms with Gasteiger partial charge < -0.3 is 9.64 Å². The minimum atomic E-state index is 0.0841. The highest BCUT2D eigenvalue weighted by molar-refractivity contribution is 5.94. The highest BCUT2D eigenvalue weighted by Gasteiger charge is 2.13. The van der Waals surface area contributed by atoms with Crippen molar-refractivity contribution < 1.29 is 9.53 Å². The molecular formula is C15H23NO2. The molecule has 0 saturated heterocycles. The summed E-state index contributed by atoms with van der Waals surface area (Å²) in [4.78, 5) is 14.0. The number of unbranched alkanes of at least 4 members (excludes halogenated alkanes) is 1. The van der Waals surface area contributed by atoms with E-state index >= 15 is 0 Å². The van der Waals surface area contributed by atoms with Gasteiger partial charge in [-0.25, -0.2) is 0 Å². The van der Waals surface area contributed by atoms with E-state index in [1.807, 2.05) is 25.2 Å². The molecule has 0 radical (unpaired) electrons. The van der Waals surface area contributed by atoms with Crippen molar-refractivity contribution in [3.63, 3.8) is 0 Å². The smallest absolute Gasteiger partial charge is 0.253 e. The summed E-state index contributed by atoms with van der Waals surface area (Å²) >= 11 is 0. The molecule has 0 aliphatic heterocycles. The molecule has 3 heteroatoms. The number of carbonyl (C=O) groups is 1. The van der Waals surface area contributed by atoms with Gasteiger partial charge in [0.15, 0.2) is 0 Å². The number of carbonyl (C=O) groups excluding carboxylic acids is 1. The molecule has 1 rings (SSSR count). The van der Waals surface area contributed by atoms with Gasteiger partial charge in [0.2, 0.25) is 0 Å². The Morgan fingerprint density at radius 2 is 2.06 bits per heavy atom. The Balaban J connectivity index is 2.86. The van der Waals surface area contributed by atoms with Gasteiger partial charge in [-0.15, -0.1) is 0 Å². The summed E-state index contributed by atoms with van der Waals surface area (Å²) in [5.41, 5.74) is 1.82. The highest BCUT2D eigenvalue weighted by Crippen LogP contribution is 2.21. The quantitative estimate of drug-likeness (QED) is 0.775. The second kappa shape index (κ2) is 7.04. The Morgan fingerprint density at radius 1 is 1.33 bits per heavy atom. The van der Waals surface area contributed by atoms with Crippen LogP contribution in [0, 0.1) is 0 Å². The monoisotopic (exact) mass is 249 g/mol. The van der Waals surface area contributed by atoms with Crippen molar-refractivity contribution in [3.05, 3.63) is 29.3 Å². The van der Waals surface area contributed by atoms with Gasteiger partial charge in [0.1, 0.15) is 5.75 Å². The molecule has 0 saturated carbocycles. The Bertz CT molecular complexity index is 401. The predicted octanol–water partition coefficient (Wildman–Crippen LogP) is 3.13. The summed E-state index contributed by atoms with van der Waals surface area (Å²) in [7, 11) is 3.51. The first-order chi connectivity index (χ1) is 8.63. The normalized spacial score (nSPS) is 10.2. The molecule has 1 amide bonds. The summed E-state index contributed by atoms with van der Waals surface area (Å²) in [6.07, 6.45) is 3.00. The number of rotatable bonds is 6. The van der Waals surface area contributed by atoms with Crippen molar-refractivity contribution in [2.75, 3.05) is 20.7 Å². The molecule has 0 aliphatic carbocycles. The first-order valence-corrected chi connectivity index (χ1v) is 6.56. The number of amides is 1. The van der Waals surface area contributed by atoms with E-state index in [9.17, 15) is 4.79 Å². The molecule has 0 spiro atoms. The molecular weight excluding hydrogens is 226 g/mol. The van der Waals surface area contributed by atoms with Crippen LogP contribution in [0.25, 0.3) is 0 Å². The largest absolute Gasteiger partial charge is 0.496 e. The third kappa shape index (κ3) is 3.49. The summed E-state index contributed by atoms with van der Waals surface area (Å²) < 4.78 is 5.27. The van der Waals surface area contributed by atoms with Gasteiger partial charge in [-0.05, 0) is 36.6 Å². The van der Waals surface area contributed by atoms with Crippen molar-refractivity contribution in [3.8, 4) is 5.75 Å². The van der Waals surface area contributed by atoms with Gasteiger partial charge >= 0.3 is 0 Å². The van der Waals surface area contributed by atoms with E-state index in [-0.39, 0.29) is 5.91 Å². The molecule has 0 fully saturated rings. The van der Waals surface area contributed by atoms with Crippen LogP contribution >= 0.6 is 0 Å². The van der Waals surface area contributed by atoms with Crippen LogP contribution < -0.4 is 4.74 Å². The van der Waals surface area contributed by atoms with E-state index < -0.39 is 0 Å². The third-order valence-corrected chi connectivity index (χ3v) is 3.10. The molecule has 100 valence electrons. The van der Waals surface area contributed by atoms with Gasteiger partial charge in [0, 0.05) is 19.2 Å². The fourth-order valence-corrected chi connectivity index (χ4v) is 1.91. The first kappa shape index (κ1) is 14.6. The van der Waals surface area contributed by atoms with E-state index in [4.69, 9.17) is 4.74 Å². The minimum Gasteiger partial charge on any atom is -0.496 e. The van der Waals surface area contributed by atoms with Gasteiger partial charge in [-0.2, -0.15) is 0 Å². The minimum absolute atomic E-state index is 0.0841. The fraction of sp³-hybridized carbons (Fsp3) is 0.533. The molecule has 0 aromatic heterocycles. The molecule has 0 heterocycles.